The van der Waals surface area contributed by atoms with Crippen molar-refractivity contribution in [2.75, 3.05) is 20.1 Å². The average molecular weight is 239 g/mol. The molecule has 1 N–H and O–H groups in total. The Bertz CT molecular complexity index is 330. The predicted octanol–water partition coefficient (Wildman–Crippen LogP) is -0.184. The first-order valence-corrected chi connectivity index (χ1v) is 6.29. The highest BCUT2D eigenvalue weighted by Gasteiger charge is 2.38. The van der Waals surface area contributed by atoms with E-state index in [0.717, 1.165) is 19.5 Å². The Morgan fingerprint density at radius 2 is 2.06 bits per heavy atom. The van der Waals surface area contributed by atoms with E-state index < -0.39 is 0 Å². The highest BCUT2D eigenvalue weighted by Crippen LogP contribution is 2.16. The molecule has 0 radical (unpaired) electrons. The summed E-state index contributed by atoms with van der Waals surface area (Å²) in [6.07, 6.45) is 1.37. The van der Waals surface area contributed by atoms with Crippen LogP contribution in [0.1, 0.15) is 26.7 Å². The van der Waals surface area contributed by atoms with Gasteiger partial charge >= 0.3 is 0 Å². The summed E-state index contributed by atoms with van der Waals surface area (Å²) in [6.45, 7) is 6.40. The maximum atomic E-state index is 11.7. The van der Waals surface area contributed by atoms with E-state index in [0.29, 0.717) is 18.5 Å². The minimum absolute atomic E-state index is 0.0776. The van der Waals surface area contributed by atoms with Crippen molar-refractivity contribution in [3.63, 3.8) is 0 Å². The number of nitrogens with one attached hydrogen (secondary N) is 1. The van der Waals surface area contributed by atoms with Gasteiger partial charge in [0.05, 0.1) is 12.5 Å². The van der Waals surface area contributed by atoms with Crippen molar-refractivity contribution in [2.24, 2.45) is 0 Å². The van der Waals surface area contributed by atoms with E-state index >= 15 is 0 Å². The summed E-state index contributed by atoms with van der Waals surface area (Å²) in [5, 5.41) is 3.32. The van der Waals surface area contributed by atoms with Crippen LogP contribution in [0.5, 0.6) is 0 Å². The summed E-state index contributed by atoms with van der Waals surface area (Å²) in [4.78, 5) is 26.8. The van der Waals surface area contributed by atoms with Crippen LogP contribution in [0.15, 0.2) is 0 Å². The molecular weight excluding hydrogens is 218 g/mol. The quantitative estimate of drug-likeness (QED) is 0.694. The molecule has 17 heavy (non-hydrogen) atoms. The zero-order valence-electron chi connectivity index (χ0n) is 10.8. The number of rotatable bonds is 3. The van der Waals surface area contributed by atoms with Crippen LogP contribution >= 0.6 is 0 Å². The monoisotopic (exact) mass is 239 g/mol. The van der Waals surface area contributed by atoms with Gasteiger partial charge in [-0.1, -0.05) is 0 Å². The average Bonchev–Trinajstić information content (AvgIpc) is 2.82. The summed E-state index contributed by atoms with van der Waals surface area (Å²) in [5.41, 5.74) is 0. The molecule has 2 heterocycles. The lowest BCUT2D eigenvalue weighted by atomic mass is 10.2. The Hall–Kier alpha value is -0.940. The number of carbonyl (C=O) groups excluding carboxylic acids is 2. The van der Waals surface area contributed by atoms with Crippen molar-refractivity contribution in [3.8, 4) is 0 Å². The van der Waals surface area contributed by atoms with Gasteiger partial charge in [-0.15, -0.1) is 0 Å². The third-order valence-corrected chi connectivity index (χ3v) is 3.77. The number of amides is 2. The molecule has 2 unspecified atom stereocenters. The second kappa shape index (κ2) is 4.74. The molecule has 0 aliphatic carbocycles. The Balaban J connectivity index is 1.87. The van der Waals surface area contributed by atoms with Crippen molar-refractivity contribution in [3.05, 3.63) is 0 Å². The zero-order valence-corrected chi connectivity index (χ0v) is 10.8. The van der Waals surface area contributed by atoms with Crippen LogP contribution in [-0.4, -0.2) is 59.9 Å². The number of hydrogen-bond acceptors (Lipinski definition) is 4. The molecule has 2 fully saturated rings. The van der Waals surface area contributed by atoms with E-state index in [-0.39, 0.29) is 17.9 Å². The topological polar surface area (TPSA) is 52.7 Å². The third kappa shape index (κ3) is 2.50. The van der Waals surface area contributed by atoms with Gasteiger partial charge in [0.25, 0.3) is 0 Å². The Morgan fingerprint density at radius 1 is 1.35 bits per heavy atom. The smallest absolute Gasteiger partial charge is 0.246 e. The summed E-state index contributed by atoms with van der Waals surface area (Å²) < 4.78 is 0. The fraction of sp³-hybridized carbons (Fsp3) is 0.833. The lowest BCUT2D eigenvalue weighted by Crippen LogP contribution is -2.44. The van der Waals surface area contributed by atoms with E-state index in [9.17, 15) is 9.59 Å². The minimum Gasteiger partial charge on any atom is -0.301 e. The number of carbonyl (C=O) groups is 2. The standard InChI is InChI=1S/C12H21N3O2/c1-8(2)15-5-4-9(7-15)13-10-6-11(16)14(3)12(10)17/h8-10,13H,4-7H2,1-3H3. The van der Waals surface area contributed by atoms with Crippen LogP contribution in [0.3, 0.4) is 0 Å². The van der Waals surface area contributed by atoms with E-state index in [4.69, 9.17) is 0 Å². The molecule has 2 saturated heterocycles. The maximum Gasteiger partial charge on any atom is 0.246 e. The molecule has 0 saturated carbocycles. The lowest BCUT2D eigenvalue weighted by molar-refractivity contribution is -0.137. The predicted molar refractivity (Wildman–Crippen MR) is 64.4 cm³/mol. The van der Waals surface area contributed by atoms with Crippen LogP contribution in [-0.2, 0) is 9.59 Å². The molecular formula is C12H21N3O2. The zero-order chi connectivity index (χ0) is 12.6. The van der Waals surface area contributed by atoms with Gasteiger partial charge in [-0.25, -0.2) is 0 Å². The molecule has 0 spiro atoms. The molecule has 5 heteroatoms. The Morgan fingerprint density at radius 3 is 2.53 bits per heavy atom. The molecule has 0 aromatic heterocycles. The van der Waals surface area contributed by atoms with E-state index in [2.05, 4.69) is 24.1 Å². The largest absolute Gasteiger partial charge is 0.301 e. The van der Waals surface area contributed by atoms with Crippen molar-refractivity contribution >= 4 is 11.8 Å². The van der Waals surface area contributed by atoms with Crippen LogP contribution in [0.4, 0.5) is 0 Å². The van der Waals surface area contributed by atoms with Crippen molar-refractivity contribution in [1.82, 2.24) is 15.1 Å². The highest BCUT2D eigenvalue weighted by molar-refractivity contribution is 6.05. The molecule has 5 nitrogen and oxygen atoms in total. The van der Waals surface area contributed by atoms with Crippen LogP contribution in [0.25, 0.3) is 0 Å². The van der Waals surface area contributed by atoms with Gasteiger partial charge in [0, 0.05) is 25.7 Å². The highest BCUT2D eigenvalue weighted by atomic mass is 16.2. The van der Waals surface area contributed by atoms with Crippen LogP contribution < -0.4 is 5.32 Å². The fourth-order valence-electron chi connectivity index (χ4n) is 2.56. The SMILES string of the molecule is CC(C)N1CCC(NC2CC(=O)N(C)C2=O)C1. The summed E-state index contributed by atoms with van der Waals surface area (Å²) in [7, 11) is 1.56. The van der Waals surface area contributed by atoms with Gasteiger partial charge in [-0.2, -0.15) is 0 Å². The summed E-state index contributed by atoms with van der Waals surface area (Å²) >= 11 is 0. The molecule has 2 amide bonds. The summed E-state index contributed by atoms with van der Waals surface area (Å²) in [5.74, 6) is -0.163. The van der Waals surface area contributed by atoms with Gasteiger partial charge in [-0.05, 0) is 26.8 Å². The van der Waals surface area contributed by atoms with Gasteiger partial charge in [0.2, 0.25) is 11.8 Å². The van der Waals surface area contributed by atoms with E-state index in [1.807, 2.05) is 0 Å². The third-order valence-electron chi connectivity index (χ3n) is 3.77. The second-order valence-electron chi connectivity index (χ2n) is 5.29. The second-order valence-corrected chi connectivity index (χ2v) is 5.29. The first kappa shape index (κ1) is 12.5. The van der Waals surface area contributed by atoms with Crippen molar-refractivity contribution < 1.29 is 9.59 Å². The molecule has 96 valence electrons. The van der Waals surface area contributed by atoms with Gasteiger partial charge in [0.15, 0.2) is 0 Å². The van der Waals surface area contributed by atoms with Crippen molar-refractivity contribution in [1.29, 1.82) is 0 Å². The molecule has 2 atom stereocenters. The Labute approximate surface area is 102 Å². The van der Waals surface area contributed by atoms with Crippen LogP contribution in [0, 0.1) is 0 Å². The van der Waals surface area contributed by atoms with E-state index in [1.165, 1.54) is 4.90 Å². The lowest BCUT2D eigenvalue weighted by Gasteiger charge is -2.21. The Kier molecular flexibility index (Phi) is 3.49. The molecule has 2 aliphatic rings. The molecule has 0 aromatic rings. The van der Waals surface area contributed by atoms with Gasteiger partial charge in [0.1, 0.15) is 0 Å². The number of imide groups is 1. The first-order valence-electron chi connectivity index (χ1n) is 6.29. The minimum atomic E-state index is -0.301. The number of hydrogen-bond donors (Lipinski definition) is 1. The van der Waals surface area contributed by atoms with Crippen LogP contribution in [0.2, 0.25) is 0 Å². The van der Waals surface area contributed by atoms with Crippen molar-refractivity contribution in [2.45, 2.75) is 44.8 Å². The molecule has 2 rings (SSSR count). The number of likely N-dealkylation sites (N-methyl/N-ethyl adjacent to an activating group) is 1. The number of nitrogens with zero attached hydrogens (tertiary/aromatic N) is 2. The normalized spacial score (nSPS) is 30.9. The van der Waals surface area contributed by atoms with Gasteiger partial charge in [-0.3, -0.25) is 19.4 Å². The molecule has 0 bridgehead atoms. The summed E-state index contributed by atoms with van der Waals surface area (Å²) in [6, 6.07) is 0.584. The van der Waals surface area contributed by atoms with Gasteiger partial charge < -0.3 is 5.32 Å². The molecule has 2 aliphatic heterocycles. The fourth-order valence-corrected chi connectivity index (χ4v) is 2.56. The van der Waals surface area contributed by atoms with E-state index in [1.54, 1.807) is 7.05 Å². The number of likely N-dealkylation sites (tertiary alicyclic amines) is 2. The first-order chi connectivity index (χ1) is 7.99. The maximum absolute atomic E-state index is 11.7. The molecule has 0 aromatic carbocycles.